The number of carbonyl (C=O) groups is 2. The summed E-state index contributed by atoms with van der Waals surface area (Å²) in [6.45, 7) is 1.42. The monoisotopic (exact) mass is 404 g/mol. The fourth-order valence-electron chi connectivity index (χ4n) is 2.47. The Bertz CT molecular complexity index is 1050. The van der Waals surface area contributed by atoms with E-state index in [1.807, 2.05) is 0 Å². The molecule has 0 aliphatic carbocycles. The number of anilines is 1. The molecule has 0 radical (unpaired) electrons. The summed E-state index contributed by atoms with van der Waals surface area (Å²) in [5.41, 5.74) is 4.69. The maximum atomic E-state index is 13.1. The zero-order valence-corrected chi connectivity index (χ0v) is 15.0. The first-order chi connectivity index (χ1) is 13.7. The Balaban J connectivity index is 1.77. The number of benzene rings is 2. The van der Waals surface area contributed by atoms with Gasteiger partial charge in [-0.2, -0.15) is 18.0 Å². The van der Waals surface area contributed by atoms with Gasteiger partial charge in [-0.1, -0.05) is 24.3 Å². The van der Waals surface area contributed by atoms with E-state index in [-0.39, 0.29) is 11.5 Å². The van der Waals surface area contributed by atoms with Crippen molar-refractivity contribution in [3.63, 3.8) is 0 Å². The van der Waals surface area contributed by atoms with Crippen molar-refractivity contribution in [2.75, 3.05) is 5.32 Å². The number of hydrogen-bond acceptors (Lipinski definition) is 5. The zero-order chi connectivity index (χ0) is 21.2. The number of hydrogen-bond donors (Lipinski definition) is 2. The first-order valence-corrected chi connectivity index (χ1v) is 8.33. The number of alkyl halides is 3. The molecule has 0 fully saturated rings. The van der Waals surface area contributed by atoms with Crippen molar-refractivity contribution in [1.29, 1.82) is 0 Å². The van der Waals surface area contributed by atoms with Crippen molar-refractivity contribution in [1.82, 2.24) is 20.2 Å². The summed E-state index contributed by atoms with van der Waals surface area (Å²) < 4.78 is 39.2. The molecule has 3 rings (SSSR count). The number of primary amides is 1. The van der Waals surface area contributed by atoms with Crippen molar-refractivity contribution in [3.05, 3.63) is 59.7 Å². The van der Waals surface area contributed by atoms with Crippen molar-refractivity contribution in [3.8, 4) is 11.4 Å². The molecule has 8 nitrogen and oxygen atoms in total. The highest BCUT2D eigenvalue weighted by atomic mass is 19.4. The van der Waals surface area contributed by atoms with Crippen molar-refractivity contribution >= 4 is 17.5 Å². The first-order valence-electron chi connectivity index (χ1n) is 8.33. The molecular formula is C18H15F3N6O2. The Morgan fingerprint density at radius 1 is 1.10 bits per heavy atom. The summed E-state index contributed by atoms with van der Waals surface area (Å²) in [7, 11) is 0. The molecule has 2 aromatic carbocycles. The van der Waals surface area contributed by atoms with Crippen molar-refractivity contribution < 1.29 is 22.8 Å². The van der Waals surface area contributed by atoms with Gasteiger partial charge in [0.15, 0.2) is 0 Å². The maximum absolute atomic E-state index is 13.1. The molecule has 3 aromatic rings. The van der Waals surface area contributed by atoms with E-state index in [1.165, 1.54) is 31.2 Å². The average molecular weight is 404 g/mol. The van der Waals surface area contributed by atoms with Gasteiger partial charge in [0.2, 0.25) is 11.7 Å². The molecule has 150 valence electrons. The molecule has 0 aliphatic rings. The topological polar surface area (TPSA) is 116 Å². The second-order valence-corrected chi connectivity index (χ2v) is 6.08. The minimum absolute atomic E-state index is 0.177. The Morgan fingerprint density at radius 3 is 2.38 bits per heavy atom. The second kappa shape index (κ2) is 7.70. The summed E-state index contributed by atoms with van der Waals surface area (Å²) in [4.78, 5) is 24.5. The molecule has 0 saturated carbocycles. The van der Waals surface area contributed by atoms with Crippen LogP contribution in [0.15, 0.2) is 48.5 Å². The smallest absolute Gasteiger partial charge is 0.366 e. The molecule has 0 bridgehead atoms. The molecule has 1 unspecified atom stereocenters. The quantitative estimate of drug-likeness (QED) is 0.678. The van der Waals surface area contributed by atoms with E-state index in [9.17, 15) is 22.8 Å². The number of tetrazole rings is 1. The molecule has 11 heteroatoms. The van der Waals surface area contributed by atoms with Crippen LogP contribution in [0, 0.1) is 0 Å². The SMILES string of the molecule is CC(C(=O)Nc1ccccc1C(F)(F)F)n1nnc(-c2ccc(C(N)=O)cc2)n1. The van der Waals surface area contributed by atoms with Crippen LogP contribution in [-0.4, -0.2) is 32.0 Å². The summed E-state index contributed by atoms with van der Waals surface area (Å²) in [5.74, 6) is -1.15. The fourth-order valence-corrected chi connectivity index (χ4v) is 2.47. The van der Waals surface area contributed by atoms with E-state index in [0.29, 0.717) is 11.1 Å². The molecule has 3 N–H and O–H groups in total. The number of halogens is 3. The van der Waals surface area contributed by atoms with E-state index in [2.05, 4.69) is 20.7 Å². The molecule has 0 aliphatic heterocycles. The second-order valence-electron chi connectivity index (χ2n) is 6.08. The highest BCUT2D eigenvalue weighted by molar-refractivity contribution is 5.94. The molecule has 0 saturated heterocycles. The number of aromatic nitrogens is 4. The van der Waals surface area contributed by atoms with Crippen LogP contribution in [0.1, 0.15) is 28.9 Å². The molecule has 0 spiro atoms. The minimum Gasteiger partial charge on any atom is -0.366 e. The summed E-state index contributed by atoms with van der Waals surface area (Å²) in [6, 6.07) is 9.73. The Labute approximate surface area is 162 Å². The van der Waals surface area contributed by atoms with Crippen LogP contribution < -0.4 is 11.1 Å². The average Bonchev–Trinajstić information content (AvgIpc) is 3.17. The minimum atomic E-state index is -4.61. The third-order valence-corrected chi connectivity index (χ3v) is 4.07. The largest absolute Gasteiger partial charge is 0.418 e. The van der Waals surface area contributed by atoms with Gasteiger partial charge in [0.1, 0.15) is 6.04 Å². The van der Waals surface area contributed by atoms with Gasteiger partial charge < -0.3 is 11.1 Å². The van der Waals surface area contributed by atoms with Crippen LogP contribution in [0.3, 0.4) is 0 Å². The predicted octanol–water partition coefficient (Wildman–Crippen LogP) is 2.66. The number of amides is 2. The van der Waals surface area contributed by atoms with Crippen LogP contribution in [0.25, 0.3) is 11.4 Å². The number of nitrogens with zero attached hydrogens (tertiary/aromatic N) is 4. The van der Waals surface area contributed by atoms with E-state index in [4.69, 9.17) is 5.73 Å². The molecule has 29 heavy (non-hydrogen) atoms. The fraction of sp³-hybridized carbons (Fsp3) is 0.167. The van der Waals surface area contributed by atoms with Gasteiger partial charge in [-0.3, -0.25) is 9.59 Å². The lowest BCUT2D eigenvalue weighted by molar-refractivity contribution is -0.137. The normalized spacial score (nSPS) is 12.4. The lowest BCUT2D eigenvalue weighted by atomic mass is 10.1. The maximum Gasteiger partial charge on any atom is 0.418 e. The van der Waals surface area contributed by atoms with Crippen molar-refractivity contribution in [2.45, 2.75) is 19.1 Å². The van der Waals surface area contributed by atoms with E-state index in [0.717, 1.165) is 16.9 Å². The molecule has 1 atom stereocenters. The molecular weight excluding hydrogens is 389 g/mol. The Morgan fingerprint density at radius 2 is 1.76 bits per heavy atom. The van der Waals surface area contributed by atoms with Crippen molar-refractivity contribution in [2.24, 2.45) is 5.73 Å². The van der Waals surface area contributed by atoms with Gasteiger partial charge in [-0.15, -0.1) is 10.2 Å². The number of rotatable bonds is 5. The Hall–Kier alpha value is -3.76. The number of nitrogens with two attached hydrogens (primary N) is 1. The number of carbonyl (C=O) groups excluding carboxylic acids is 2. The molecule has 1 heterocycles. The summed E-state index contributed by atoms with van der Waals surface area (Å²) >= 11 is 0. The first kappa shape index (κ1) is 20.0. The predicted molar refractivity (Wildman–Crippen MR) is 96.6 cm³/mol. The van der Waals surface area contributed by atoms with E-state index >= 15 is 0 Å². The Kier molecular flexibility index (Phi) is 5.31. The van der Waals surface area contributed by atoms with Crippen LogP contribution in [0.2, 0.25) is 0 Å². The number of para-hydroxylation sites is 1. The van der Waals surface area contributed by atoms with Gasteiger partial charge in [0.05, 0.1) is 11.3 Å². The summed E-state index contributed by atoms with van der Waals surface area (Å²) in [5, 5.41) is 13.9. The van der Waals surface area contributed by atoms with Crippen LogP contribution in [-0.2, 0) is 11.0 Å². The van der Waals surface area contributed by atoms with Gasteiger partial charge >= 0.3 is 6.18 Å². The van der Waals surface area contributed by atoms with Gasteiger partial charge in [-0.25, -0.2) is 0 Å². The zero-order valence-electron chi connectivity index (χ0n) is 15.0. The summed E-state index contributed by atoms with van der Waals surface area (Å²) in [6.07, 6.45) is -4.61. The molecule has 2 amide bonds. The van der Waals surface area contributed by atoms with E-state index < -0.39 is 29.6 Å². The highest BCUT2D eigenvalue weighted by Crippen LogP contribution is 2.34. The van der Waals surface area contributed by atoms with Crippen LogP contribution >= 0.6 is 0 Å². The highest BCUT2D eigenvalue weighted by Gasteiger charge is 2.34. The lowest BCUT2D eigenvalue weighted by Crippen LogP contribution is -2.26. The third kappa shape index (κ3) is 4.39. The van der Waals surface area contributed by atoms with Gasteiger partial charge in [0, 0.05) is 11.1 Å². The van der Waals surface area contributed by atoms with E-state index in [1.54, 1.807) is 12.1 Å². The van der Waals surface area contributed by atoms with Crippen LogP contribution in [0.4, 0.5) is 18.9 Å². The number of nitrogens with one attached hydrogen (secondary N) is 1. The lowest BCUT2D eigenvalue weighted by Gasteiger charge is -2.15. The molecule has 1 aromatic heterocycles. The van der Waals surface area contributed by atoms with Gasteiger partial charge in [0.25, 0.3) is 5.91 Å². The standard InChI is InChI=1S/C18H15F3N6O2/c1-10(17(29)23-14-5-3-2-4-13(14)18(19,20)21)27-25-16(24-26-27)12-8-6-11(7-9-12)15(22)28/h2-10H,1H3,(H2,22,28)(H,23,29). The van der Waals surface area contributed by atoms with Crippen LogP contribution in [0.5, 0.6) is 0 Å². The van der Waals surface area contributed by atoms with Gasteiger partial charge in [-0.05, 0) is 36.4 Å². The third-order valence-electron chi connectivity index (χ3n) is 4.07.